The molecule has 9 N–H and O–H groups in total. The normalized spacial score (nSPS) is 16.1. The molecule has 1 rings (SSSR count). The van der Waals surface area contributed by atoms with E-state index in [2.05, 4.69) is 25.9 Å². The van der Waals surface area contributed by atoms with Crippen LogP contribution in [0.25, 0.3) is 0 Å². The number of carbonyl (C=O) groups is 5. The molecule has 0 aliphatic carbocycles. The number of aliphatic hydroxyl groups excluding tert-OH is 1. The van der Waals surface area contributed by atoms with Crippen LogP contribution in [0.4, 0.5) is 0 Å². The maximum atomic E-state index is 12.9. The van der Waals surface area contributed by atoms with Crippen molar-refractivity contribution in [2.45, 2.75) is 76.7 Å². The average molecular weight is 499 g/mol. The summed E-state index contributed by atoms with van der Waals surface area (Å²) in [6, 6.07) is -5.22. The molecule has 6 unspecified atom stereocenters. The zero-order valence-corrected chi connectivity index (χ0v) is 19.9. The van der Waals surface area contributed by atoms with Gasteiger partial charge in [0.15, 0.2) is 0 Å². The Morgan fingerprint density at radius 1 is 1.03 bits per heavy atom. The second-order valence-electron chi connectivity index (χ2n) is 8.31. The van der Waals surface area contributed by atoms with Crippen LogP contribution in [0.2, 0.25) is 0 Å². The number of amides is 3. The number of hydrogen-bond donors (Lipinski definition) is 8. The Morgan fingerprint density at radius 2 is 1.66 bits per heavy atom. The first-order chi connectivity index (χ1) is 16.4. The molecule has 14 nitrogen and oxygen atoms in total. The van der Waals surface area contributed by atoms with Gasteiger partial charge in [0.2, 0.25) is 17.7 Å². The minimum Gasteiger partial charge on any atom is -0.481 e. The molecule has 3 amide bonds. The Hall–Kier alpha value is -3.52. The fourth-order valence-electron chi connectivity index (χ4n) is 3.05. The SMILES string of the molecule is CCC(C)C(N)C(=O)NC(C(=O)NC(Cc1cnc[nH]1)C(=O)NC(CCC(=O)O)C(=O)O)C(C)O. The monoisotopic (exact) mass is 498 g/mol. The second-order valence-corrected chi connectivity index (χ2v) is 8.31. The Kier molecular flexibility index (Phi) is 11.8. The third kappa shape index (κ3) is 9.70. The summed E-state index contributed by atoms with van der Waals surface area (Å²) in [5.41, 5.74) is 6.32. The number of imidazole rings is 1. The van der Waals surface area contributed by atoms with E-state index in [-0.39, 0.29) is 18.8 Å². The highest BCUT2D eigenvalue weighted by molar-refractivity contribution is 5.94. The van der Waals surface area contributed by atoms with Crippen molar-refractivity contribution in [1.82, 2.24) is 25.9 Å². The van der Waals surface area contributed by atoms with Crippen LogP contribution in [0.15, 0.2) is 12.5 Å². The van der Waals surface area contributed by atoms with Crippen molar-refractivity contribution in [3.8, 4) is 0 Å². The van der Waals surface area contributed by atoms with Gasteiger partial charge in [-0.3, -0.25) is 19.2 Å². The lowest BCUT2D eigenvalue weighted by atomic mass is 9.98. The van der Waals surface area contributed by atoms with Crippen molar-refractivity contribution in [2.24, 2.45) is 11.7 Å². The molecule has 1 aromatic rings. The van der Waals surface area contributed by atoms with Gasteiger partial charge < -0.3 is 42.0 Å². The standard InChI is InChI=1S/C21H34N6O8/c1-4-10(2)16(22)19(32)27-17(11(3)28)20(33)26-14(7-12-8-23-9-24-12)18(31)25-13(21(34)35)5-6-15(29)30/h8-11,13-14,16-17,28H,4-7,22H2,1-3H3,(H,23,24)(H,25,31)(H,26,33)(H,27,32)(H,29,30)(H,34,35). The fourth-order valence-corrected chi connectivity index (χ4v) is 3.05. The molecule has 14 heteroatoms. The van der Waals surface area contributed by atoms with Gasteiger partial charge >= 0.3 is 11.9 Å². The summed E-state index contributed by atoms with van der Waals surface area (Å²) in [7, 11) is 0. The fraction of sp³-hybridized carbons (Fsp3) is 0.619. The third-order valence-electron chi connectivity index (χ3n) is 5.50. The van der Waals surface area contributed by atoms with E-state index in [0.717, 1.165) is 0 Å². The lowest BCUT2D eigenvalue weighted by Gasteiger charge is -2.27. The molecule has 35 heavy (non-hydrogen) atoms. The lowest BCUT2D eigenvalue weighted by molar-refractivity contribution is -0.143. The summed E-state index contributed by atoms with van der Waals surface area (Å²) >= 11 is 0. The number of nitrogens with one attached hydrogen (secondary N) is 4. The molecule has 1 heterocycles. The summed E-state index contributed by atoms with van der Waals surface area (Å²) in [5.74, 6) is -5.34. The van der Waals surface area contributed by atoms with Crippen molar-refractivity contribution in [3.05, 3.63) is 18.2 Å². The maximum absolute atomic E-state index is 12.9. The molecular formula is C21H34N6O8. The van der Waals surface area contributed by atoms with Crippen molar-refractivity contribution in [2.75, 3.05) is 0 Å². The molecule has 6 atom stereocenters. The van der Waals surface area contributed by atoms with Crippen LogP contribution in [-0.2, 0) is 30.4 Å². The van der Waals surface area contributed by atoms with Gasteiger partial charge in [-0.15, -0.1) is 0 Å². The van der Waals surface area contributed by atoms with Gasteiger partial charge in [-0.25, -0.2) is 9.78 Å². The first kappa shape index (κ1) is 29.5. The van der Waals surface area contributed by atoms with Gasteiger partial charge in [-0.1, -0.05) is 20.3 Å². The number of rotatable bonds is 15. The Labute approximate surface area is 202 Å². The van der Waals surface area contributed by atoms with Crippen molar-refractivity contribution in [3.63, 3.8) is 0 Å². The molecule has 0 spiro atoms. The van der Waals surface area contributed by atoms with E-state index in [1.54, 1.807) is 6.92 Å². The van der Waals surface area contributed by atoms with Crippen molar-refractivity contribution in [1.29, 1.82) is 0 Å². The number of aliphatic hydroxyl groups is 1. The number of H-pyrrole nitrogens is 1. The summed E-state index contributed by atoms with van der Waals surface area (Å²) < 4.78 is 0. The maximum Gasteiger partial charge on any atom is 0.326 e. The number of hydrogen-bond acceptors (Lipinski definition) is 8. The van der Waals surface area contributed by atoms with Crippen LogP contribution in [0, 0.1) is 5.92 Å². The Balaban J connectivity index is 3.05. The Bertz CT molecular complexity index is 875. The summed E-state index contributed by atoms with van der Waals surface area (Å²) in [5, 5.41) is 35.2. The summed E-state index contributed by atoms with van der Waals surface area (Å²) in [6.45, 7) is 4.88. The molecule has 0 aliphatic rings. The lowest BCUT2D eigenvalue weighted by Crippen LogP contribution is -2.60. The molecule has 0 bridgehead atoms. The predicted octanol–water partition coefficient (Wildman–Crippen LogP) is -1.89. The zero-order valence-electron chi connectivity index (χ0n) is 19.9. The van der Waals surface area contributed by atoms with Crippen molar-refractivity contribution >= 4 is 29.7 Å². The topological polar surface area (TPSA) is 237 Å². The smallest absolute Gasteiger partial charge is 0.326 e. The van der Waals surface area contributed by atoms with Gasteiger partial charge in [-0.2, -0.15) is 0 Å². The highest BCUT2D eigenvalue weighted by Gasteiger charge is 2.33. The molecule has 0 saturated heterocycles. The number of aromatic nitrogens is 2. The first-order valence-electron chi connectivity index (χ1n) is 11.1. The van der Waals surface area contributed by atoms with Crippen LogP contribution in [0.5, 0.6) is 0 Å². The second kappa shape index (κ2) is 14.0. The van der Waals surface area contributed by atoms with E-state index in [4.69, 9.17) is 10.8 Å². The number of nitrogens with two attached hydrogens (primary N) is 1. The van der Waals surface area contributed by atoms with Gasteiger partial charge in [0.05, 0.1) is 18.5 Å². The molecule has 0 saturated carbocycles. The highest BCUT2D eigenvalue weighted by Crippen LogP contribution is 2.08. The number of nitrogens with zero attached hydrogens (tertiary/aromatic N) is 1. The quantitative estimate of drug-likeness (QED) is 0.134. The van der Waals surface area contributed by atoms with E-state index < -0.39 is 66.4 Å². The van der Waals surface area contributed by atoms with E-state index in [9.17, 15) is 34.2 Å². The molecule has 0 fully saturated rings. The van der Waals surface area contributed by atoms with E-state index in [1.807, 2.05) is 6.92 Å². The number of carboxylic acid groups (broad SMARTS) is 2. The number of carboxylic acids is 2. The zero-order chi connectivity index (χ0) is 26.7. The molecule has 0 radical (unpaired) electrons. The van der Waals surface area contributed by atoms with Gasteiger partial charge in [0, 0.05) is 24.7 Å². The van der Waals surface area contributed by atoms with E-state index in [0.29, 0.717) is 12.1 Å². The number of aromatic amines is 1. The van der Waals surface area contributed by atoms with Crippen LogP contribution in [0.3, 0.4) is 0 Å². The number of aliphatic carboxylic acids is 2. The molecule has 196 valence electrons. The molecule has 0 aromatic carbocycles. The molecular weight excluding hydrogens is 464 g/mol. The van der Waals surface area contributed by atoms with Crippen LogP contribution >= 0.6 is 0 Å². The average Bonchev–Trinajstić information content (AvgIpc) is 3.30. The third-order valence-corrected chi connectivity index (χ3v) is 5.50. The molecule has 0 aliphatic heterocycles. The minimum absolute atomic E-state index is 0.129. The van der Waals surface area contributed by atoms with Gasteiger partial charge in [0.25, 0.3) is 0 Å². The minimum atomic E-state index is -1.51. The molecule has 1 aromatic heterocycles. The highest BCUT2D eigenvalue weighted by atomic mass is 16.4. The van der Waals surface area contributed by atoms with Gasteiger partial charge in [0.1, 0.15) is 18.1 Å². The van der Waals surface area contributed by atoms with E-state index >= 15 is 0 Å². The number of carbonyl (C=O) groups excluding carboxylic acids is 3. The van der Waals surface area contributed by atoms with Crippen LogP contribution in [0.1, 0.15) is 45.7 Å². The predicted molar refractivity (Wildman–Crippen MR) is 122 cm³/mol. The summed E-state index contributed by atoms with van der Waals surface area (Å²) in [6.07, 6.45) is 0.997. The van der Waals surface area contributed by atoms with Crippen molar-refractivity contribution < 1.29 is 39.3 Å². The van der Waals surface area contributed by atoms with Gasteiger partial charge in [-0.05, 0) is 19.3 Å². The first-order valence-corrected chi connectivity index (χ1v) is 11.1. The van der Waals surface area contributed by atoms with E-state index in [1.165, 1.54) is 19.4 Å². The summed E-state index contributed by atoms with van der Waals surface area (Å²) in [4.78, 5) is 67.1. The van der Waals surface area contributed by atoms with Crippen LogP contribution < -0.4 is 21.7 Å². The van der Waals surface area contributed by atoms with Crippen LogP contribution in [-0.4, -0.2) is 85.2 Å². The Morgan fingerprint density at radius 3 is 2.14 bits per heavy atom. The largest absolute Gasteiger partial charge is 0.481 e.